The van der Waals surface area contributed by atoms with Crippen molar-refractivity contribution in [1.29, 1.82) is 0 Å². The van der Waals surface area contributed by atoms with Gasteiger partial charge in [0.15, 0.2) is 5.69 Å². The Labute approximate surface area is 139 Å². The van der Waals surface area contributed by atoms with Crippen molar-refractivity contribution in [1.82, 2.24) is 14.8 Å². The highest BCUT2D eigenvalue weighted by Gasteiger charge is 2.38. The number of nitrogens with one attached hydrogen (secondary N) is 2. The number of sulfonamides is 1. The van der Waals surface area contributed by atoms with Crippen molar-refractivity contribution in [2.45, 2.75) is 11.1 Å². The first-order valence-corrected chi connectivity index (χ1v) is 8.34. The Hall–Kier alpha value is -2.20. The minimum absolute atomic E-state index is 0.189. The van der Waals surface area contributed by atoms with Gasteiger partial charge < -0.3 is 4.98 Å². The van der Waals surface area contributed by atoms with E-state index in [2.05, 4.69) is 10.1 Å². The summed E-state index contributed by atoms with van der Waals surface area (Å²) in [6.45, 7) is 0. The summed E-state index contributed by atoms with van der Waals surface area (Å²) in [6, 6.07) is 4.47. The van der Waals surface area contributed by atoms with Gasteiger partial charge in [0.1, 0.15) is 4.90 Å². The number of H-pyrrole nitrogens is 1. The van der Waals surface area contributed by atoms with Crippen molar-refractivity contribution in [3.63, 3.8) is 0 Å². The highest BCUT2D eigenvalue weighted by molar-refractivity contribution is 7.93. The van der Waals surface area contributed by atoms with E-state index < -0.39 is 27.6 Å². The van der Waals surface area contributed by atoms with Gasteiger partial charge in [0.05, 0.1) is 11.9 Å². The molecule has 0 aliphatic carbocycles. The predicted molar refractivity (Wildman–Crippen MR) is 82.3 cm³/mol. The largest absolute Gasteiger partial charge is 0.435 e. The second kappa shape index (κ2) is 5.42. The summed E-state index contributed by atoms with van der Waals surface area (Å²) in [4.78, 5) is 2.54. The van der Waals surface area contributed by atoms with Crippen LogP contribution in [0, 0.1) is 0 Å². The fourth-order valence-electron chi connectivity index (χ4n) is 2.34. The van der Waals surface area contributed by atoms with E-state index in [0.29, 0.717) is 20.6 Å². The van der Waals surface area contributed by atoms with Crippen molar-refractivity contribution >= 4 is 38.2 Å². The van der Waals surface area contributed by atoms with E-state index >= 15 is 0 Å². The van der Waals surface area contributed by atoms with Crippen LogP contribution in [0.1, 0.15) is 5.69 Å². The first kappa shape index (κ1) is 16.7. The zero-order valence-electron chi connectivity index (χ0n) is 12.0. The molecule has 0 spiro atoms. The third kappa shape index (κ3) is 2.82. The van der Waals surface area contributed by atoms with E-state index in [-0.39, 0.29) is 4.90 Å². The van der Waals surface area contributed by atoms with Crippen LogP contribution < -0.4 is 4.72 Å². The van der Waals surface area contributed by atoms with Gasteiger partial charge in [-0.15, -0.1) is 0 Å². The standard InChI is InChI=1S/C13H10ClF3N4O2S/c1-21-12(13(15,16)17)10(5-19-21)20-24(22,23)11-6-18-9-4-7(14)2-3-8(9)11/h2-6,18,20H,1H3. The monoisotopic (exact) mass is 378 g/mol. The molecule has 0 saturated heterocycles. The number of aryl methyl sites for hydroxylation is 1. The average molecular weight is 379 g/mol. The molecular weight excluding hydrogens is 369 g/mol. The molecule has 0 aliphatic heterocycles. The SMILES string of the molecule is Cn1ncc(NS(=O)(=O)c2c[nH]c3cc(Cl)ccc23)c1C(F)(F)F. The van der Waals surface area contributed by atoms with Crippen molar-refractivity contribution in [2.75, 3.05) is 4.72 Å². The fourth-order valence-corrected chi connectivity index (χ4v) is 3.74. The number of benzene rings is 1. The number of halogens is 4. The number of aromatic amines is 1. The molecule has 11 heteroatoms. The van der Waals surface area contributed by atoms with Crippen molar-refractivity contribution in [2.24, 2.45) is 7.05 Å². The second-order valence-electron chi connectivity index (χ2n) is 4.98. The minimum Gasteiger partial charge on any atom is -0.360 e. The highest BCUT2D eigenvalue weighted by atomic mass is 35.5. The number of hydrogen-bond acceptors (Lipinski definition) is 3. The summed E-state index contributed by atoms with van der Waals surface area (Å²) in [5.41, 5.74) is -1.38. The number of aromatic nitrogens is 3. The van der Waals surface area contributed by atoms with Crippen LogP contribution in [-0.2, 0) is 23.2 Å². The lowest BCUT2D eigenvalue weighted by Crippen LogP contribution is -2.18. The number of fused-ring (bicyclic) bond motifs is 1. The van der Waals surface area contributed by atoms with Crippen molar-refractivity contribution < 1.29 is 21.6 Å². The Kier molecular flexibility index (Phi) is 3.76. The minimum atomic E-state index is -4.75. The molecule has 0 aliphatic rings. The van der Waals surface area contributed by atoms with Gasteiger partial charge in [-0.1, -0.05) is 11.6 Å². The van der Waals surface area contributed by atoms with Crippen LogP contribution in [0.5, 0.6) is 0 Å². The van der Waals surface area contributed by atoms with Crippen LogP contribution in [-0.4, -0.2) is 23.2 Å². The number of rotatable bonds is 3. The van der Waals surface area contributed by atoms with E-state index in [9.17, 15) is 21.6 Å². The molecule has 3 rings (SSSR count). The third-order valence-electron chi connectivity index (χ3n) is 3.35. The molecule has 2 aromatic heterocycles. The van der Waals surface area contributed by atoms with Gasteiger partial charge >= 0.3 is 6.18 Å². The number of hydrogen-bond donors (Lipinski definition) is 2. The second-order valence-corrected chi connectivity index (χ2v) is 7.06. The van der Waals surface area contributed by atoms with E-state index in [1.54, 1.807) is 0 Å². The predicted octanol–water partition coefficient (Wildman–Crippen LogP) is 3.37. The van der Waals surface area contributed by atoms with E-state index in [0.717, 1.165) is 13.2 Å². The molecule has 0 saturated carbocycles. The zero-order valence-corrected chi connectivity index (χ0v) is 13.6. The van der Waals surface area contributed by atoms with Crippen LogP contribution in [0.3, 0.4) is 0 Å². The third-order valence-corrected chi connectivity index (χ3v) is 4.99. The summed E-state index contributed by atoms with van der Waals surface area (Å²) in [5.74, 6) is 0. The molecule has 0 amide bonds. The fraction of sp³-hybridized carbons (Fsp3) is 0.154. The van der Waals surface area contributed by atoms with Gasteiger partial charge in [0.25, 0.3) is 10.0 Å². The quantitative estimate of drug-likeness (QED) is 0.733. The molecule has 0 atom stereocenters. The molecule has 24 heavy (non-hydrogen) atoms. The molecule has 1 aromatic carbocycles. The van der Waals surface area contributed by atoms with Gasteiger partial charge in [-0.05, 0) is 18.2 Å². The number of anilines is 1. The van der Waals surface area contributed by atoms with Gasteiger partial charge in [-0.25, -0.2) is 8.42 Å². The van der Waals surface area contributed by atoms with Crippen LogP contribution in [0.2, 0.25) is 5.02 Å². The van der Waals surface area contributed by atoms with E-state index in [4.69, 9.17) is 11.6 Å². The molecule has 128 valence electrons. The first-order valence-electron chi connectivity index (χ1n) is 6.48. The summed E-state index contributed by atoms with van der Waals surface area (Å²) in [6.07, 6.45) is -2.75. The maximum absolute atomic E-state index is 13.0. The topological polar surface area (TPSA) is 79.8 Å². The maximum atomic E-state index is 13.0. The highest BCUT2D eigenvalue weighted by Crippen LogP contribution is 2.35. The smallest absolute Gasteiger partial charge is 0.360 e. The molecule has 2 N–H and O–H groups in total. The van der Waals surface area contributed by atoms with E-state index in [1.807, 2.05) is 4.72 Å². The lowest BCUT2D eigenvalue weighted by Gasteiger charge is -2.11. The lowest BCUT2D eigenvalue weighted by atomic mass is 10.2. The number of nitrogens with zero attached hydrogens (tertiary/aromatic N) is 2. The average Bonchev–Trinajstić information content (AvgIpc) is 3.01. The number of alkyl halides is 3. The normalized spacial score (nSPS) is 12.7. The lowest BCUT2D eigenvalue weighted by molar-refractivity contribution is -0.143. The Morgan fingerprint density at radius 2 is 2.04 bits per heavy atom. The molecule has 0 fully saturated rings. The molecule has 2 heterocycles. The summed E-state index contributed by atoms with van der Waals surface area (Å²) >= 11 is 5.82. The summed E-state index contributed by atoms with van der Waals surface area (Å²) < 4.78 is 66.6. The Morgan fingerprint density at radius 1 is 1.33 bits per heavy atom. The molecular formula is C13H10ClF3N4O2S. The van der Waals surface area contributed by atoms with Crippen molar-refractivity contribution in [3.05, 3.63) is 41.3 Å². The molecule has 0 radical (unpaired) electrons. The Bertz CT molecular complexity index is 1020. The molecule has 6 nitrogen and oxygen atoms in total. The van der Waals surface area contributed by atoms with Gasteiger partial charge in [-0.3, -0.25) is 9.40 Å². The van der Waals surface area contributed by atoms with Crippen LogP contribution in [0.4, 0.5) is 18.9 Å². The van der Waals surface area contributed by atoms with Gasteiger partial charge in [0, 0.05) is 29.2 Å². The van der Waals surface area contributed by atoms with Crippen molar-refractivity contribution in [3.8, 4) is 0 Å². The Balaban J connectivity index is 2.06. The first-order chi connectivity index (χ1) is 11.1. The van der Waals surface area contributed by atoms with Crippen LogP contribution in [0.15, 0.2) is 35.5 Å². The Morgan fingerprint density at radius 3 is 2.71 bits per heavy atom. The maximum Gasteiger partial charge on any atom is 0.435 e. The molecule has 0 bridgehead atoms. The summed E-state index contributed by atoms with van der Waals surface area (Å²) in [7, 11) is -3.18. The summed E-state index contributed by atoms with van der Waals surface area (Å²) in [5, 5.41) is 4.17. The zero-order chi connectivity index (χ0) is 17.7. The molecule has 3 aromatic rings. The van der Waals surface area contributed by atoms with Gasteiger partial charge in [-0.2, -0.15) is 18.3 Å². The van der Waals surface area contributed by atoms with Crippen LogP contribution >= 0.6 is 11.6 Å². The van der Waals surface area contributed by atoms with Crippen LogP contribution in [0.25, 0.3) is 10.9 Å². The molecule has 0 unspecified atom stereocenters. The van der Waals surface area contributed by atoms with E-state index in [1.165, 1.54) is 24.4 Å². The van der Waals surface area contributed by atoms with Gasteiger partial charge in [0.2, 0.25) is 0 Å².